The Morgan fingerprint density at radius 2 is 2.18 bits per heavy atom. The summed E-state index contributed by atoms with van der Waals surface area (Å²) in [6.45, 7) is 10.8. The number of nitrogens with one attached hydrogen (secondary N) is 2. The van der Waals surface area contributed by atoms with Crippen LogP contribution in [0, 0.1) is 5.41 Å². The number of thioether (sulfide) groups is 1. The molecule has 3 heterocycles. The standard InChI is InChI=1S/C20H22N6OS/c1-4-9-28-13(3)19-24-11-15(16(21)5-2)17-10-14(12-26(17)19)25-20(27)18-22-7-6-8-23-18/h4-9,14,21H,2-3,10-12H2,1H3,(H,25,27)/b9-4-,21-16?. The number of amides is 1. The third-order valence-corrected chi connectivity index (χ3v) is 5.26. The fraction of sp³-hybridized carbons (Fsp3) is 0.250. The normalized spacial score (nSPS) is 18.7. The molecule has 1 saturated heterocycles. The number of rotatable bonds is 7. The van der Waals surface area contributed by atoms with Crippen molar-refractivity contribution in [3.05, 3.63) is 71.2 Å². The molecule has 1 fully saturated rings. The summed E-state index contributed by atoms with van der Waals surface area (Å²) < 4.78 is 0. The molecule has 1 unspecified atom stereocenters. The largest absolute Gasteiger partial charge is 0.344 e. The smallest absolute Gasteiger partial charge is 0.289 e. The zero-order valence-electron chi connectivity index (χ0n) is 15.7. The Kier molecular flexibility index (Phi) is 6.20. The van der Waals surface area contributed by atoms with Gasteiger partial charge in [0.05, 0.1) is 18.3 Å². The summed E-state index contributed by atoms with van der Waals surface area (Å²) in [7, 11) is 0. The lowest BCUT2D eigenvalue weighted by Crippen LogP contribution is -2.39. The van der Waals surface area contributed by atoms with Crippen molar-refractivity contribution in [1.29, 1.82) is 5.41 Å². The van der Waals surface area contributed by atoms with Crippen LogP contribution >= 0.6 is 11.8 Å². The average Bonchev–Trinajstić information content (AvgIpc) is 3.14. The SMILES string of the molecule is C=CC(=N)C1=C2CC(NC(=O)c3ncccn3)CN2C(C(=C)S/C=C\C)=NC1. The minimum Gasteiger partial charge on any atom is -0.344 e. The maximum absolute atomic E-state index is 12.4. The molecule has 0 saturated carbocycles. The molecule has 8 heteroatoms. The van der Waals surface area contributed by atoms with Gasteiger partial charge >= 0.3 is 0 Å². The molecule has 0 radical (unpaired) electrons. The predicted molar refractivity (Wildman–Crippen MR) is 113 cm³/mol. The van der Waals surface area contributed by atoms with E-state index in [1.807, 2.05) is 23.3 Å². The fourth-order valence-electron chi connectivity index (χ4n) is 3.14. The molecule has 1 atom stereocenters. The van der Waals surface area contributed by atoms with E-state index in [0.717, 1.165) is 22.0 Å². The van der Waals surface area contributed by atoms with Crippen LogP contribution in [0.4, 0.5) is 0 Å². The molecular weight excluding hydrogens is 372 g/mol. The lowest BCUT2D eigenvalue weighted by atomic mass is 10.0. The van der Waals surface area contributed by atoms with Crippen molar-refractivity contribution in [2.45, 2.75) is 19.4 Å². The van der Waals surface area contributed by atoms with Gasteiger partial charge in [-0.2, -0.15) is 0 Å². The summed E-state index contributed by atoms with van der Waals surface area (Å²) in [6, 6.07) is 1.53. The van der Waals surface area contributed by atoms with E-state index in [9.17, 15) is 4.79 Å². The van der Waals surface area contributed by atoms with Gasteiger partial charge in [0.25, 0.3) is 5.91 Å². The third-order valence-electron chi connectivity index (χ3n) is 4.39. The van der Waals surface area contributed by atoms with Gasteiger partial charge in [-0.3, -0.25) is 9.79 Å². The second kappa shape index (κ2) is 8.79. The number of aliphatic imine (C=N–C) groups is 1. The van der Waals surface area contributed by atoms with Gasteiger partial charge < -0.3 is 15.6 Å². The van der Waals surface area contributed by atoms with Crippen LogP contribution in [0.5, 0.6) is 0 Å². The second-order valence-corrected chi connectivity index (χ2v) is 7.25. The van der Waals surface area contributed by atoms with Crippen molar-refractivity contribution in [2.75, 3.05) is 13.1 Å². The van der Waals surface area contributed by atoms with E-state index in [2.05, 4.69) is 33.4 Å². The van der Waals surface area contributed by atoms with E-state index in [4.69, 9.17) is 5.41 Å². The first-order chi connectivity index (χ1) is 13.5. The molecule has 1 aromatic heterocycles. The molecule has 2 N–H and O–H groups in total. The summed E-state index contributed by atoms with van der Waals surface area (Å²) in [4.78, 5) is 28.0. The highest BCUT2D eigenvalue weighted by Gasteiger charge is 2.36. The van der Waals surface area contributed by atoms with Crippen LogP contribution in [0.2, 0.25) is 0 Å². The molecular formula is C20H22N6OS. The summed E-state index contributed by atoms with van der Waals surface area (Å²) in [5.41, 5.74) is 2.17. The first kappa shape index (κ1) is 19.8. The van der Waals surface area contributed by atoms with Gasteiger partial charge in [0.15, 0.2) is 0 Å². The Hall–Kier alpha value is -3.00. The van der Waals surface area contributed by atoms with E-state index in [0.29, 0.717) is 25.2 Å². The molecule has 2 aliphatic rings. The van der Waals surface area contributed by atoms with Crippen LogP contribution in [-0.4, -0.2) is 51.5 Å². The Morgan fingerprint density at radius 3 is 2.86 bits per heavy atom. The number of hydrogen-bond donors (Lipinski definition) is 2. The Balaban J connectivity index is 1.83. The van der Waals surface area contributed by atoms with Crippen LogP contribution in [-0.2, 0) is 0 Å². The van der Waals surface area contributed by atoms with E-state index < -0.39 is 0 Å². The lowest BCUT2D eigenvalue weighted by Gasteiger charge is -2.29. The monoisotopic (exact) mass is 394 g/mol. The number of carbonyl (C=O) groups is 1. The van der Waals surface area contributed by atoms with E-state index in [1.165, 1.54) is 17.8 Å². The molecule has 0 aliphatic carbocycles. The number of carbonyl (C=O) groups excluding carboxylic acids is 1. The molecule has 28 heavy (non-hydrogen) atoms. The number of allylic oxidation sites excluding steroid dienone is 2. The predicted octanol–water partition coefficient (Wildman–Crippen LogP) is 2.93. The van der Waals surface area contributed by atoms with Gasteiger partial charge in [0.1, 0.15) is 5.84 Å². The summed E-state index contributed by atoms with van der Waals surface area (Å²) in [6.07, 6.45) is 7.15. The number of fused-ring (bicyclic) bond motifs is 1. The van der Waals surface area contributed by atoms with E-state index >= 15 is 0 Å². The summed E-state index contributed by atoms with van der Waals surface area (Å²) in [5.74, 6) is 0.612. The van der Waals surface area contributed by atoms with E-state index in [-0.39, 0.29) is 17.8 Å². The van der Waals surface area contributed by atoms with Crippen molar-refractivity contribution in [3.8, 4) is 0 Å². The van der Waals surface area contributed by atoms with Crippen molar-refractivity contribution >= 4 is 29.2 Å². The molecule has 0 spiro atoms. The van der Waals surface area contributed by atoms with Gasteiger partial charge in [-0.15, -0.1) is 0 Å². The minimum atomic E-state index is -0.313. The van der Waals surface area contributed by atoms with Crippen LogP contribution in [0.1, 0.15) is 24.0 Å². The zero-order valence-corrected chi connectivity index (χ0v) is 16.5. The zero-order chi connectivity index (χ0) is 20.1. The highest BCUT2D eigenvalue weighted by atomic mass is 32.2. The Morgan fingerprint density at radius 1 is 1.43 bits per heavy atom. The first-order valence-electron chi connectivity index (χ1n) is 8.85. The first-order valence-corrected chi connectivity index (χ1v) is 9.73. The highest BCUT2D eigenvalue weighted by molar-refractivity contribution is 8.06. The molecule has 3 rings (SSSR count). The van der Waals surface area contributed by atoms with Crippen LogP contribution in [0.15, 0.2) is 70.3 Å². The van der Waals surface area contributed by atoms with Crippen molar-refractivity contribution in [3.63, 3.8) is 0 Å². The second-order valence-electron chi connectivity index (χ2n) is 6.25. The third kappa shape index (κ3) is 4.12. The van der Waals surface area contributed by atoms with Gasteiger partial charge in [-0.05, 0) is 24.5 Å². The topological polar surface area (TPSA) is 94.3 Å². The molecule has 1 aromatic rings. The number of aromatic nitrogens is 2. The van der Waals surface area contributed by atoms with Crippen molar-refractivity contribution in [1.82, 2.24) is 20.2 Å². The van der Waals surface area contributed by atoms with Crippen LogP contribution in [0.25, 0.3) is 0 Å². The molecule has 2 aliphatic heterocycles. The fourth-order valence-corrected chi connectivity index (χ4v) is 3.72. The van der Waals surface area contributed by atoms with Crippen molar-refractivity contribution < 1.29 is 4.79 Å². The average molecular weight is 395 g/mol. The van der Waals surface area contributed by atoms with Crippen molar-refractivity contribution in [2.24, 2.45) is 4.99 Å². The quantitative estimate of drug-likeness (QED) is 0.694. The summed E-state index contributed by atoms with van der Waals surface area (Å²) in [5, 5.41) is 13.1. The molecule has 144 valence electrons. The van der Waals surface area contributed by atoms with Gasteiger partial charge in [-0.1, -0.05) is 31.0 Å². The minimum absolute atomic E-state index is 0.137. The van der Waals surface area contributed by atoms with Gasteiger partial charge in [-0.25, -0.2) is 9.97 Å². The van der Waals surface area contributed by atoms with Gasteiger partial charge in [0, 0.05) is 41.5 Å². The van der Waals surface area contributed by atoms with Crippen LogP contribution < -0.4 is 5.32 Å². The molecule has 7 nitrogen and oxygen atoms in total. The highest BCUT2D eigenvalue weighted by Crippen LogP contribution is 2.33. The summed E-state index contributed by atoms with van der Waals surface area (Å²) >= 11 is 1.51. The van der Waals surface area contributed by atoms with Crippen LogP contribution in [0.3, 0.4) is 0 Å². The number of hydrogen-bond acceptors (Lipinski definition) is 7. The maximum Gasteiger partial charge on any atom is 0.289 e. The van der Waals surface area contributed by atoms with Gasteiger partial charge in [0.2, 0.25) is 5.82 Å². The van der Waals surface area contributed by atoms with E-state index in [1.54, 1.807) is 18.5 Å². The molecule has 0 bridgehead atoms. The maximum atomic E-state index is 12.4. The lowest BCUT2D eigenvalue weighted by molar-refractivity contribution is 0.0928. The Labute approximate surface area is 168 Å². The molecule has 1 amide bonds. The number of amidine groups is 1. The number of nitrogens with zero attached hydrogens (tertiary/aromatic N) is 4. The molecule has 0 aromatic carbocycles. The Bertz CT molecular complexity index is 903.